The Morgan fingerprint density at radius 2 is 2.40 bits per heavy atom. The Hall–Kier alpha value is -1.44. The first-order chi connectivity index (χ1) is 5.70. The number of phenolic OH excluding ortho intramolecular Hbond substituents is 1. The molecule has 2 nitrogen and oxygen atoms in total. The molecule has 0 aliphatic rings. The molecule has 2 heteroatoms. The van der Waals surface area contributed by atoms with Crippen molar-refractivity contribution in [3.05, 3.63) is 30.4 Å². The summed E-state index contributed by atoms with van der Waals surface area (Å²) < 4.78 is 14.7. The number of benzene rings is 1. The summed E-state index contributed by atoms with van der Waals surface area (Å²) in [5, 5.41) is 9.88. The third-order valence-corrected chi connectivity index (χ3v) is 1.39. The number of aromatic nitrogens is 1. The Labute approximate surface area is 60.9 Å². The minimum Gasteiger partial charge on any atom is -0.508 e. The van der Waals surface area contributed by atoms with Crippen molar-refractivity contribution in [3.8, 4) is 5.75 Å². The van der Waals surface area contributed by atoms with E-state index in [0.29, 0.717) is 10.9 Å². The van der Waals surface area contributed by atoms with E-state index < -0.39 is 0 Å². The van der Waals surface area contributed by atoms with Crippen molar-refractivity contribution >= 4 is 10.9 Å². The van der Waals surface area contributed by atoms with Crippen LogP contribution in [0.1, 0.15) is 2.74 Å². The Morgan fingerprint density at radius 1 is 1.50 bits per heavy atom. The number of aromatic hydroxyl groups is 1. The number of fused-ring (bicyclic) bond motifs is 1. The molecule has 0 saturated heterocycles. The summed E-state index contributed by atoms with van der Waals surface area (Å²) in [6, 6.07) is 3.20. The van der Waals surface area contributed by atoms with Gasteiger partial charge in [0, 0.05) is 17.1 Å². The molecule has 2 N–H and O–H groups in total. The summed E-state index contributed by atoms with van der Waals surface area (Å²) in [7, 11) is 0. The van der Waals surface area contributed by atoms with E-state index in [9.17, 15) is 5.11 Å². The van der Waals surface area contributed by atoms with E-state index in [-0.39, 0.29) is 17.8 Å². The van der Waals surface area contributed by atoms with Crippen molar-refractivity contribution in [2.45, 2.75) is 0 Å². The topological polar surface area (TPSA) is 36.0 Å². The van der Waals surface area contributed by atoms with Gasteiger partial charge >= 0.3 is 0 Å². The number of H-pyrrole nitrogens is 1. The van der Waals surface area contributed by atoms with Crippen molar-refractivity contribution in [1.29, 1.82) is 0 Å². The predicted octanol–water partition coefficient (Wildman–Crippen LogP) is 1.87. The summed E-state index contributed by atoms with van der Waals surface area (Å²) in [5.41, 5.74) is 0.711. The average molecular weight is 135 g/mol. The summed E-state index contributed by atoms with van der Waals surface area (Å²) in [6.07, 6.45) is 1.68. The number of hydrogen-bond donors (Lipinski definition) is 2. The molecular weight excluding hydrogens is 126 g/mol. The number of aromatic amines is 1. The molecule has 1 heterocycles. The van der Waals surface area contributed by atoms with E-state index in [2.05, 4.69) is 4.98 Å². The third kappa shape index (κ3) is 0.658. The van der Waals surface area contributed by atoms with E-state index in [1.807, 2.05) is 0 Å². The molecule has 2 aromatic rings. The molecule has 10 heavy (non-hydrogen) atoms. The van der Waals surface area contributed by atoms with E-state index in [0.717, 1.165) is 0 Å². The molecule has 0 saturated carbocycles. The molecule has 0 aliphatic heterocycles. The lowest BCUT2D eigenvalue weighted by Gasteiger charge is -1.89. The Morgan fingerprint density at radius 3 is 3.30 bits per heavy atom. The Bertz CT molecular complexity index is 436. The van der Waals surface area contributed by atoms with Crippen LogP contribution in [0.3, 0.4) is 0 Å². The highest BCUT2D eigenvalue weighted by molar-refractivity contribution is 5.80. The highest BCUT2D eigenvalue weighted by atomic mass is 16.3. The first-order valence-corrected chi connectivity index (χ1v) is 2.96. The summed E-state index contributed by atoms with van der Waals surface area (Å²) in [5.74, 6) is -0.262. The van der Waals surface area contributed by atoms with Crippen LogP contribution in [0, 0.1) is 0 Å². The fourth-order valence-electron chi connectivity index (χ4n) is 0.915. The SMILES string of the molecule is [2H]c1cc2[nH]ccc2c([2H])c1O. The first-order valence-electron chi connectivity index (χ1n) is 3.96. The molecule has 0 amide bonds. The minimum atomic E-state index is -0.262. The monoisotopic (exact) mass is 135 g/mol. The molecular formula is C8H7NO. The van der Waals surface area contributed by atoms with Crippen LogP contribution in [0.2, 0.25) is 0 Å². The molecule has 0 atom stereocenters. The van der Waals surface area contributed by atoms with Gasteiger partial charge in [-0.15, -0.1) is 0 Å². The van der Waals surface area contributed by atoms with Crippen molar-refractivity contribution in [2.75, 3.05) is 0 Å². The van der Waals surface area contributed by atoms with Gasteiger partial charge in [0.25, 0.3) is 0 Å². The molecule has 1 aromatic carbocycles. The molecule has 1 aromatic heterocycles. The Kier molecular flexibility index (Phi) is 0.648. The standard InChI is InChI=1S/C8H7NO/c10-7-1-2-8-6(5-7)3-4-9-8/h1-5,9-10H/i1D,5D. The van der Waals surface area contributed by atoms with Gasteiger partial charge in [-0.1, -0.05) is 0 Å². The van der Waals surface area contributed by atoms with Gasteiger partial charge in [0.2, 0.25) is 0 Å². The van der Waals surface area contributed by atoms with Crippen LogP contribution >= 0.6 is 0 Å². The molecule has 0 fully saturated rings. The lowest BCUT2D eigenvalue weighted by molar-refractivity contribution is 0.476. The molecule has 0 radical (unpaired) electrons. The summed E-state index contributed by atoms with van der Waals surface area (Å²) in [4.78, 5) is 2.88. The van der Waals surface area contributed by atoms with Gasteiger partial charge in [-0.25, -0.2) is 0 Å². The van der Waals surface area contributed by atoms with Crippen molar-refractivity contribution in [2.24, 2.45) is 0 Å². The van der Waals surface area contributed by atoms with Crippen LogP contribution in [0.25, 0.3) is 10.9 Å². The van der Waals surface area contributed by atoms with Crippen LogP contribution in [-0.4, -0.2) is 10.1 Å². The number of rotatable bonds is 0. The predicted molar refractivity (Wildman–Crippen MR) is 40.0 cm³/mol. The zero-order chi connectivity index (χ0) is 8.72. The van der Waals surface area contributed by atoms with Crippen LogP contribution in [0.15, 0.2) is 30.4 Å². The second kappa shape index (κ2) is 1.77. The van der Waals surface area contributed by atoms with Crippen LogP contribution in [0.4, 0.5) is 0 Å². The lowest BCUT2D eigenvalue weighted by atomic mass is 10.2. The van der Waals surface area contributed by atoms with Gasteiger partial charge in [0.1, 0.15) is 5.75 Å². The molecule has 2 rings (SSSR count). The van der Waals surface area contributed by atoms with Crippen molar-refractivity contribution < 1.29 is 7.85 Å². The van der Waals surface area contributed by atoms with Crippen LogP contribution < -0.4 is 0 Å². The molecule has 0 spiro atoms. The summed E-state index contributed by atoms with van der Waals surface area (Å²) in [6.45, 7) is 0. The highest BCUT2D eigenvalue weighted by Crippen LogP contribution is 2.17. The van der Waals surface area contributed by atoms with Gasteiger partial charge in [-0.3, -0.25) is 0 Å². The van der Waals surface area contributed by atoms with E-state index >= 15 is 0 Å². The number of nitrogens with one attached hydrogen (secondary N) is 1. The van der Waals surface area contributed by atoms with Gasteiger partial charge in [-0.2, -0.15) is 0 Å². The third-order valence-electron chi connectivity index (χ3n) is 1.39. The quantitative estimate of drug-likeness (QED) is 0.568. The molecule has 50 valence electrons. The van der Waals surface area contributed by atoms with E-state index in [1.54, 1.807) is 12.3 Å². The highest BCUT2D eigenvalue weighted by Gasteiger charge is 1.92. The normalized spacial score (nSPS) is 13.2. The van der Waals surface area contributed by atoms with Crippen molar-refractivity contribution in [1.82, 2.24) is 4.98 Å². The molecule has 0 unspecified atom stereocenters. The maximum atomic E-state index is 9.23. The minimum absolute atomic E-state index is 0.0127. The number of hydrogen-bond acceptors (Lipinski definition) is 1. The van der Waals surface area contributed by atoms with Gasteiger partial charge in [-0.05, 0) is 24.2 Å². The second-order valence-corrected chi connectivity index (χ2v) is 2.07. The smallest absolute Gasteiger partial charge is 0.116 e. The van der Waals surface area contributed by atoms with Crippen molar-refractivity contribution in [3.63, 3.8) is 0 Å². The van der Waals surface area contributed by atoms with Crippen LogP contribution in [-0.2, 0) is 0 Å². The van der Waals surface area contributed by atoms with Gasteiger partial charge in [0.15, 0.2) is 0 Å². The number of phenols is 1. The van der Waals surface area contributed by atoms with Gasteiger partial charge in [0.05, 0.1) is 2.74 Å². The molecule has 0 aliphatic carbocycles. The zero-order valence-corrected chi connectivity index (χ0v) is 5.18. The first kappa shape index (κ1) is 3.66. The van der Waals surface area contributed by atoms with Crippen LogP contribution in [0.5, 0.6) is 5.75 Å². The maximum absolute atomic E-state index is 9.23. The fraction of sp³-hybridized carbons (Fsp3) is 0. The summed E-state index contributed by atoms with van der Waals surface area (Å²) >= 11 is 0. The fourth-order valence-corrected chi connectivity index (χ4v) is 0.915. The lowest BCUT2D eigenvalue weighted by Crippen LogP contribution is -1.65. The molecule has 0 bridgehead atoms. The van der Waals surface area contributed by atoms with Gasteiger partial charge < -0.3 is 10.1 Å². The van der Waals surface area contributed by atoms with E-state index in [4.69, 9.17) is 2.74 Å². The second-order valence-electron chi connectivity index (χ2n) is 2.07. The maximum Gasteiger partial charge on any atom is 0.116 e. The average Bonchev–Trinajstić information content (AvgIpc) is 2.48. The van der Waals surface area contributed by atoms with E-state index in [1.165, 1.54) is 6.07 Å². The zero-order valence-electron chi connectivity index (χ0n) is 7.18. The Balaban J connectivity index is 2.94. The largest absolute Gasteiger partial charge is 0.508 e.